The Hall–Kier alpha value is -1.60. The monoisotopic (exact) mass is 219 g/mol. The number of nitrogens with one attached hydrogen (secondary N) is 1. The minimum Gasteiger partial charge on any atom is -0.380 e. The van der Waals surface area contributed by atoms with Gasteiger partial charge in [0.25, 0.3) is 0 Å². The van der Waals surface area contributed by atoms with E-state index in [9.17, 15) is 4.39 Å². The molecule has 1 atom stereocenters. The van der Waals surface area contributed by atoms with Crippen molar-refractivity contribution in [3.8, 4) is 6.07 Å². The summed E-state index contributed by atoms with van der Waals surface area (Å²) < 4.78 is 13.3. The maximum absolute atomic E-state index is 13.3. The molecule has 0 aliphatic heterocycles. The standard InChI is InChI=1S/C12H14FN3/c13-10-2-1-3-11(9(10)6-14)16-12(7-15)8-4-5-8/h1-3,8,12,16H,4-5,7,15H2. The summed E-state index contributed by atoms with van der Waals surface area (Å²) in [5.41, 5.74) is 6.27. The van der Waals surface area contributed by atoms with Crippen molar-refractivity contribution in [2.24, 2.45) is 11.7 Å². The molecule has 0 amide bonds. The molecular formula is C12H14FN3. The molecule has 1 saturated carbocycles. The first kappa shape index (κ1) is 10.9. The number of anilines is 1. The van der Waals surface area contributed by atoms with Gasteiger partial charge in [-0.2, -0.15) is 5.26 Å². The average Bonchev–Trinajstić information content (AvgIpc) is 3.10. The van der Waals surface area contributed by atoms with Crippen molar-refractivity contribution >= 4 is 5.69 Å². The van der Waals surface area contributed by atoms with Gasteiger partial charge in [-0.3, -0.25) is 0 Å². The Balaban J connectivity index is 2.20. The van der Waals surface area contributed by atoms with Gasteiger partial charge in [-0.15, -0.1) is 0 Å². The Morgan fingerprint density at radius 2 is 2.31 bits per heavy atom. The summed E-state index contributed by atoms with van der Waals surface area (Å²) in [6.45, 7) is 0.506. The number of nitriles is 1. The summed E-state index contributed by atoms with van der Waals surface area (Å²) in [4.78, 5) is 0. The van der Waals surface area contributed by atoms with Crippen LogP contribution in [0.15, 0.2) is 18.2 Å². The lowest BCUT2D eigenvalue weighted by molar-refractivity contribution is 0.619. The molecule has 0 aromatic heterocycles. The molecule has 16 heavy (non-hydrogen) atoms. The van der Waals surface area contributed by atoms with Crippen LogP contribution in [-0.2, 0) is 0 Å². The molecule has 0 saturated heterocycles. The first-order valence-corrected chi connectivity index (χ1v) is 5.41. The lowest BCUT2D eigenvalue weighted by atomic mass is 10.1. The molecule has 0 bridgehead atoms. The first-order chi connectivity index (χ1) is 7.76. The van der Waals surface area contributed by atoms with Crippen molar-refractivity contribution in [2.75, 3.05) is 11.9 Å². The van der Waals surface area contributed by atoms with Crippen molar-refractivity contribution in [3.63, 3.8) is 0 Å². The van der Waals surface area contributed by atoms with E-state index in [4.69, 9.17) is 11.0 Å². The highest BCUT2D eigenvalue weighted by molar-refractivity contribution is 5.58. The number of hydrogen-bond donors (Lipinski definition) is 2. The zero-order chi connectivity index (χ0) is 11.5. The molecule has 1 aromatic rings. The molecule has 3 nitrogen and oxygen atoms in total. The first-order valence-electron chi connectivity index (χ1n) is 5.41. The van der Waals surface area contributed by atoms with E-state index in [-0.39, 0.29) is 11.6 Å². The number of benzene rings is 1. The van der Waals surface area contributed by atoms with Gasteiger partial charge in [0.1, 0.15) is 17.4 Å². The van der Waals surface area contributed by atoms with Crippen molar-refractivity contribution < 1.29 is 4.39 Å². The minimum absolute atomic E-state index is 0.0709. The summed E-state index contributed by atoms with van der Waals surface area (Å²) in [7, 11) is 0. The van der Waals surface area contributed by atoms with E-state index >= 15 is 0 Å². The zero-order valence-electron chi connectivity index (χ0n) is 8.91. The average molecular weight is 219 g/mol. The smallest absolute Gasteiger partial charge is 0.143 e. The van der Waals surface area contributed by atoms with Gasteiger partial charge in [0.05, 0.1) is 5.69 Å². The van der Waals surface area contributed by atoms with Gasteiger partial charge in [0, 0.05) is 12.6 Å². The van der Waals surface area contributed by atoms with E-state index < -0.39 is 5.82 Å². The summed E-state index contributed by atoms with van der Waals surface area (Å²) >= 11 is 0. The normalized spacial score (nSPS) is 16.6. The molecule has 0 spiro atoms. The molecule has 3 N–H and O–H groups in total. The Labute approximate surface area is 94.1 Å². The molecule has 0 radical (unpaired) electrons. The van der Waals surface area contributed by atoms with E-state index in [0.29, 0.717) is 18.2 Å². The summed E-state index contributed by atoms with van der Waals surface area (Å²) in [5, 5.41) is 12.0. The molecule has 0 heterocycles. The van der Waals surface area contributed by atoms with Gasteiger partial charge in [0.2, 0.25) is 0 Å². The second-order valence-corrected chi connectivity index (χ2v) is 4.10. The van der Waals surface area contributed by atoms with E-state index in [1.807, 2.05) is 6.07 Å². The van der Waals surface area contributed by atoms with Crippen LogP contribution in [0.1, 0.15) is 18.4 Å². The molecule has 2 rings (SSSR count). The quantitative estimate of drug-likeness (QED) is 0.812. The Morgan fingerprint density at radius 3 is 2.88 bits per heavy atom. The molecule has 1 unspecified atom stereocenters. The zero-order valence-corrected chi connectivity index (χ0v) is 8.91. The van der Waals surface area contributed by atoms with Crippen LogP contribution in [0.2, 0.25) is 0 Å². The molecule has 1 aromatic carbocycles. The van der Waals surface area contributed by atoms with Gasteiger partial charge >= 0.3 is 0 Å². The third-order valence-corrected chi connectivity index (χ3v) is 2.91. The Morgan fingerprint density at radius 1 is 1.56 bits per heavy atom. The highest BCUT2D eigenvalue weighted by Gasteiger charge is 2.30. The van der Waals surface area contributed by atoms with E-state index in [1.54, 1.807) is 12.1 Å². The van der Waals surface area contributed by atoms with Crippen LogP contribution in [0.25, 0.3) is 0 Å². The number of rotatable bonds is 4. The maximum Gasteiger partial charge on any atom is 0.143 e. The van der Waals surface area contributed by atoms with Crippen LogP contribution in [0, 0.1) is 23.1 Å². The molecular weight excluding hydrogens is 205 g/mol. The number of halogens is 1. The lowest BCUT2D eigenvalue weighted by Crippen LogP contribution is -2.31. The second kappa shape index (κ2) is 4.50. The van der Waals surface area contributed by atoms with Crippen molar-refractivity contribution in [3.05, 3.63) is 29.6 Å². The minimum atomic E-state index is -0.487. The van der Waals surface area contributed by atoms with Crippen LogP contribution in [0.3, 0.4) is 0 Å². The maximum atomic E-state index is 13.3. The van der Waals surface area contributed by atoms with Gasteiger partial charge in [-0.05, 0) is 30.9 Å². The fourth-order valence-electron chi connectivity index (χ4n) is 1.83. The molecule has 1 aliphatic rings. The van der Waals surface area contributed by atoms with Crippen molar-refractivity contribution in [1.29, 1.82) is 5.26 Å². The predicted molar refractivity (Wildman–Crippen MR) is 60.3 cm³/mol. The van der Waals surface area contributed by atoms with Gasteiger partial charge in [-0.25, -0.2) is 4.39 Å². The number of nitrogens with two attached hydrogens (primary N) is 1. The topological polar surface area (TPSA) is 61.8 Å². The fourth-order valence-corrected chi connectivity index (χ4v) is 1.83. The Bertz CT molecular complexity index is 421. The fraction of sp³-hybridized carbons (Fsp3) is 0.417. The largest absolute Gasteiger partial charge is 0.380 e. The third kappa shape index (κ3) is 2.15. The lowest BCUT2D eigenvalue weighted by Gasteiger charge is -2.18. The summed E-state index contributed by atoms with van der Waals surface area (Å²) in [5.74, 6) is 0.0823. The van der Waals surface area contributed by atoms with Gasteiger partial charge in [0.15, 0.2) is 0 Å². The molecule has 1 aliphatic carbocycles. The van der Waals surface area contributed by atoms with Crippen molar-refractivity contribution in [2.45, 2.75) is 18.9 Å². The van der Waals surface area contributed by atoms with E-state index in [1.165, 1.54) is 6.07 Å². The highest BCUT2D eigenvalue weighted by Crippen LogP contribution is 2.34. The predicted octanol–water partition coefficient (Wildman–Crippen LogP) is 1.85. The van der Waals surface area contributed by atoms with Crippen LogP contribution >= 0.6 is 0 Å². The molecule has 4 heteroatoms. The summed E-state index contributed by atoms with van der Waals surface area (Å²) in [6.07, 6.45) is 2.32. The van der Waals surface area contributed by atoms with Crippen molar-refractivity contribution in [1.82, 2.24) is 0 Å². The second-order valence-electron chi connectivity index (χ2n) is 4.10. The van der Waals surface area contributed by atoms with Gasteiger partial charge < -0.3 is 11.1 Å². The van der Waals surface area contributed by atoms with Crippen LogP contribution < -0.4 is 11.1 Å². The van der Waals surface area contributed by atoms with Crippen LogP contribution in [0.4, 0.5) is 10.1 Å². The number of hydrogen-bond acceptors (Lipinski definition) is 3. The molecule has 84 valence electrons. The van der Waals surface area contributed by atoms with E-state index in [2.05, 4.69) is 5.32 Å². The number of nitrogens with zero attached hydrogens (tertiary/aromatic N) is 1. The van der Waals surface area contributed by atoms with Crippen LogP contribution in [-0.4, -0.2) is 12.6 Å². The highest BCUT2D eigenvalue weighted by atomic mass is 19.1. The van der Waals surface area contributed by atoms with Gasteiger partial charge in [-0.1, -0.05) is 6.07 Å². The van der Waals surface area contributed by atoms with E-state index in [0.717, 1.165) is 12.8 Å². The Kier molecular flexibility index (Phi) is 3.07. The summed E-state index contributed by atoms with van der Waals surface area (Å²) in [6, 6.07) is 6.62. The van der Waals surface area contributed by atoms with Crippen LogP contribution in [0.5, 0.6) is 0 Å². The SMILES string of the molecule is N#Cc1c(F)cccc1NC(CN)C1CC1. The third-order valence-electron chi connectivity index (χ3n) is 2.91. The molecule has 1 fully saturated rings.